The first kappa shape index (κ1) is 25.3. The molecule has 0 aromatic heterocycles. The lowest BCUT2D eigenvalue weighted by Gasteiger charge is -2.34. The summed E-state index contributed by atoms with van der Waals surface area (Å²) in [7, 11) is 0. The minimum absolute atomic E-state index is 0.112. The third-order valence-electron chi connectivity index (χ3n) is 10.7. The molecule has 4 aliphatic heterocycles. The molecule has 0 radical (unpaired) electrons. The van der Waals surface area contributed by atoms with Gasteiger partial charge in [-0.15, -0.1) is 0 Å². The van der Waals surface area contributed by atoms with E-state index in [9.17, 15) is 9.59 Å². The number of amides is 2. The van der Waals surface area contributed by atoms with Crippen LogP contribution in [0, 0.1) is 23.2 Å². The van der Waals surface area contributed by atoms with Gasteiger partial charge in [0.05, 0.1) is 24.8 Å². The fourth-order valence-electron chi connectivity index (χ4n) is 8.34. The zero-order chi connectivity index (χ0) is 26.8. The molecular formula is C33H40N2O4. The summed E-state index contributed by atoms with van der Waals surface area (Å²) in [6, 6.07) is 20.6. The highest BCUT2D eigenvalue weighted by Crippen LogP contribution is 2.65. The smallest absolute Gasteiger partial charge is 0.228 e. The molecule has 4 heterocycles. The summed E-state index contributed by atoms with van der Waals surface area (Å²) < 4.78 is 11.9. The van der Waals surface area contributed by atoms with Crippen molar-refractivity contribution in [3.05, 3.63) is 71.8 Å². The zero-order valence-corrected chi connectivity index (χ0v) is 23.1. The Morgan fingerprint density at radius 3 is 2.10 bits per heavy atom. The molecule has 2 aromatic rings. The van der Waals surface area contributed by atoms with E-state index in [0.29, 0.717) is 37.0 Å². The number of rotatable bonds is 2. The lowest BCUT2D eigenvalue weighted by atomic mass is 9.75. The highest BCUT2D eigenvalue weighted by Gasteiger charge is 2.71. The minimum Gasteiger partial charge on any atom is -0.352 e. The fourth-order valence-corrected chi connectivity index (χ4v) is 8.34. The van der Waals surface area contributed by atoms with Crippen LogP contribution in [-0.2, 0) is 19.1 Å². The van der Waals surface area contributed by atoms with Gasteiger partial charge in [0.2, 0.25) is 11.8 Å². The molecule has 4 saturated heterocycles. The minimum atomic E-state index is -0.188. The molecule has 0 spiro atoms. The largest absolute Gasteiger partial charge is 0.352 e. The Morgan fingerprint density at radius 2 is 1.41 bits per heavy atom. The molecule has 39 heavy (non-hydrogen) atoms. The topological polar surface area (TPSA) is 59.1 Å². The van der Waals surface area contributed by atoms with E-state index in [-0.39, 0.29) is 35.2 Å². The molecule has 6 nitrogen and oxygen atoms in total. The fraction of sp³-hybridized carbons (Fsp3) is 0.576. The van der Waals surface area contributed by atoms with Crippen molar-refractivity contribution in [2.24, 2.45) is 23.2 Å². The number of carbonyl (C=O) groups is 2. The average molecular weight is 529 g/mol. The molecule has 206 valence electrons. The SMILES string of the molecule is C[C@@]12CO[C@@H](c3ccccc3)N1C(=O)C1CCCCCCC12.C[C@]12C[C@H]1C(=O)N1[C@H]2CO[C@H]1c1ccccc1. The van der Waals surface area contributed by atoms with Crippen molar-refractivity contribution in [1.29, 1.82) is 0 Å². The van der Waals surface area contributed by atoms with Gasteiger partial charge in [0.1, 0.15) is 0 Å². The van der Waals surface area contributed by atoms with Crippen molar-refractivity contribution in [2.45, 2.75) is 82.8 Å². The van der Waals surface area contributed by atoms with Crippen LogP contribution in [-0.4, -0.2) is 46.4 Å². The maximum Gasteiger partial charge on any atom is 0.228 e. The first-order chi connectivity index (χ1) is 18.9. The van der Waals surface area contributed by atoms with E-state index in [1.165, 1.54) is 32.1 Å². The van der Waals surface area contributed by atoms with Gasteiger partial charge in [-0.1, -0.05) is 93.3 Å². The number of carbonyl (C=O) groups excluding carboxylic acids is 2. The van der Waals surface area contributed by atoms with Gasteiger partial charge >= 0.3 is 0 Å². The Hall–Kier alpha value is -2.70. The second-order valence-corrected chi connectivity index (χ2v) is 13.0. The van der Waals surface area contributed by atoms with E-state index in [0.717, 1.165) is 24.0 Å². The first-order valence-electron chi connectivity index (χ1n) is 14.9. The quantitative estimate of drug-likeness (QED) is 0.490. The summed E-state index contributed by atoms with van der Waals surface area (Å²) in [5.41, 5.74) is 2.28. The molecule has 6 heteroatoms. The van der Waals surface area contributed by atoms with Crippen LogP contribution in [0.15, 0.2) is 60.7 Å². The number of piperidine rings is 1. The second-order valence-electron chi connectivity index (χ2n) is 13.0. The Kier molecular flexibility index (Phi) is 6.12. The van der Waals surface area contributed by atoms with Gasteiger partial charge in [-0.3, -0.25) is 9.59 Å². The van der Waals surface area contributed by atoms with Gasteiger partial charge in [0.15, 0.2) is 12.5 Å². The molecule has 2 amide bonds. The highest BCUT2D eigenvalue weighted by atomic mass is 16.5. The third-order valence-corrected chi connectivity index (χ3v) is 10.7. The number of benzene rings is 2. The number of ether oxygens (including phenoxy) is 2. The van der Waals surface area contributed by atoms with Crippen LogP contribution in [0.1, 0.15) is 82.4 Å². The van der Waals surface area contributed by atoms with E-state index in [4.69, 9.17) is 9.47 Å². The predicted octanol–water partition coefficient (Wildman–Crippen LogP) is 5.86. The molecule has 6 fully saturated rings. The number of fused-ring (bicyclic) bond motifs is 6. The molecule has 6 aliphatic rings. The summed E-state index contributed by atoms with van der Waals surface area (Å²) in [4.78, 5) is 29.4. The first-order valence-corrected chi connectivity index (χ1v) is 14.9. The lowest BCUT2D eigenvalue weighted by Crippen LogP contribution is -2.44. The van der Waals surface area contributed by atoms with Crippen molar-refractivity contribution >= 4 is 11.8 Å². The molecule has 0 bridgehead atoms. The van der Waals surface area contributed by atoms with Crippen LogP contribution < -0.4 is 0 Å². The summed E-state index contributed by atoms with van der Waals surface area (Å²) in [5.74, 6) is 1.58. The van der Waals surface area contributed by atoms with E-state index < -0.39 is 0 Å². The third kappa shape index (κ3) is 3.89. The van der Waals surface area contributed by atoms with Crippen LogP contribution in [0.25, 0.3) is 0 Å². The molecule has 2 aliphatic carbocycles. The number of hydrogen-bond donors (Lipinski definition) is 0. The average Bonchev–Trinajstić information content (AvgIpc) is 3.20. The maximum atomic E-state index is 13.1. The number of nitrogens with zero attached hydrogens (tertiary/aromatic N) is 2. The Bertz CT molecular complexity index is 1240. The normalized spacial score (nSPS) is 40.2. The van der Waals surface area contributed by atoms with Gasteiger partial charge in [0.25, 0.3) is 0 Å². The Morgan fingerprint density at radius 1 is 0.769 bits per heavy atom. The standard InChI is InChI=1S/C19H25NO2.C14H15NO2/c1-19-13-22-18(14-9-5-4-6-10-14)20(19)17(21)15-11-7-2-3-8-12-16(15)19;1-14-7-10(14)12(16)15-11(14)8-17-13(15)9-5-3-2-4-6-9/h4-6,9-10,15-16,18H,2-3,7-8,11-13H2,1H3;2-6,10-11,13H,7-8H2,1H3/t15?,16?,18-,19-;10-,11-,13-,14-/m00/s1. The van der Waals surface area contributed by atoms with Gasteiger partial charge in [-0.25, -0.2) is 0 Å². The van der Waals surface area contributed by atoms with Crippen molar-refractivity contribution in [3.63, 3.8) is 0 Å². The Labute approximate surface area is 231 Å². The molecule has 2 saturated carbocycles. The second kappa shape index (κ2) is 9.45. The van der Waals surface area contributed by atoms with Crippen LogP contribution in [0.2, 0.25) is 0 Å². The molecular weight excluding hydrogens is 488 g/mol. The van der Waals surface area contributed by atoms with Crippen LogP contribution in [0.4, 0.5) is 0 Å². The van der Waals surface area contributed by atoms with Gasteiger partial charge in [-0.05, 0) is 32.1 Å². The summed E-state index contributed by atoms with van der Waals surface area (Å²) in [6.07, 6.45) is 8.01. The van der Waals surface area contributed by atoms with Crippen molar-refractivity contribution < 1.29 is 19.1 Å². The van der Waals surface area contributed by atoms with Crippen LogP contribution in [0.5, 0.6) is 0 Å². The molecule has 8 atom stereocenters. The summed E-state index contributed by atoms with van der Waals surface area (Å²) >= 11 is 0. The molecule has 2 aromatic carbocycles. The summed E-state index contributed by atoms with van der Waals surface area (Å²) in [5, 5.41) is 0. The van der Waals surface area contributed by atoms with E-state index >= 15 is 0 Å². The molecule has 0 N–H and O–H groups in total. The number of hydrogen-bond acceptors (Lipinski definition) is 4. The van der Waals surface area contributed by atoms with E-state index in [1.807, 2.05) is 53.4 Å². The van der Waals surface area contributed by atoms with Crippen molar-refractivity contribution in [3.8, 4) is 0 Å². The zero-order valence-electron chi connectivity index (χ0n) is 23.1. The van der Waals surface area contributed by atoms with Gasteiger partial charge in [0, 0.05) is 28.4 Å². The molecule has 8 rings (SSSR count). The van der Waals surface area contributed by atoms with Crippen LogP contribution >= 0.6 is 0 Å². The summed E-state index contributed by atoms with van der Waals surface area (Å²) in [6.45, 7) is 5.84. The van der Waals surface area contributed by atoms with Crippen molar-refractivity contribution in [1.82, 2.24) is 9.80 Å². The van der Waals surface area contributed by atoms with Gasteiger partial charge < -0.3 is 19.3 Å². The lowest BCUT2D eigenvalue weighted by molar-refractivity contribution is -0.139. The van der Waals surface area contributed by atoms with E-state index in [1.54, 1.807) is 0 Å². The predicted molar refractivity (Wildman–Crippen MR) is 147 cm³/mol. The van der Waals surface area contributed by atoms with E-state index in [2.05, 4.69) is 30.9 Å². The van der Waals surface area contributed by atoms with Crippen molar-refractivity contribution in [2.75, 3.05) is 13.2 Å². The maximum absolute atomic E-state index is 13.1. The Balaban J connectivity index is 0.000000134. The monoisotopic (exact) mass is 528 g/mol. The van der Waals surface area contributed by atoms with Gasteiger partial charge in [-0.2, -0.15) is 0 Å². The highest BCUT2D eigenvalue weighted by molar-refractivity contribution is 5.87. The molecule has 2 unspecified atom stereocenters. The van der Waals surface area contributed by atoms with Crippen LogP contribution in [0.3, 0.4) is 0 Å².